The van der Waals surface area contributed by atoms with Gasteiger partial charge in [0.05, 0.1) is 73.0 Å². The lowest BCUT2D eigenvalue weighted by atomic mass is 9.91. The summed E-state index contributed by atoms with van der Waals surface area (Å²) in [7, 11) is 1.36. The van der Waals surface area contributed by atoms with Crippen LogP contribution in [-0.4, -0.2) is 65.4 Å². The molecule has 2 aromatic heterocycles. The molecule has 2 N–H and O–H groups in total. The number of benzene rings is 2. The number of amides is 1. The van der Waals surface area contributed by atoms with Crippen molar-refractivity contribution in [2.45, 2.75) is 89.6 Å². The molecule has 5 rings (SSSR count). The second-order valence-electron chi connectivity index (χ2n) is 13.6. The van der Waals surface area contributed by atoms with E-state index in [9.17, 15) is 40.7 Å². The summed E-state index contributed by atoms with van der Waals surface area (Å²) in [5, 5.41) is 6.09. The predicted molar refractivity (Wildman–Crippen MR) is 205 cm³/mol. The molecule has 322 valence electrons. The van der Waals surface area contributed by atoms with E-state index in [1.807, 2.05) is 6.92 Å². The first kappa shape index (κ1) is 45.1. The molecular formula is C41H44F6N6O7. The van der Waals surface area contributed by atoms with Gasteiger partial charge in [-0.1, -0.05) is 37.3 Å². The van der Waals surface area contributed by atoms with Gasteiger partial charge < -0.3 is 24.3 Å². The van der Waals surface area contributed by atoms with Crippen molar-refractivity contribution in [3.8, 4) is 5.88 Å². The minimum Gasteiger partial charge on any atom is -0.481 e. The first-order valence-corrected chi connectivity index (χ1v) is 19.1. The van der Waals surface area contributed by atoms with Gasteiger partial charge in [0.15, 0.2) is 0 Å². The Morgan fingerprint density at radius 3 is 2.10 bits per heavy atom. The van der Waals surface area contributed by atoms with E-state index >= 15 is 0 Å². The number of halogens is 6. The number of rotatable bonds is 16. The monoisotopic (exact) mass is 846 g/mol. The van der Waals surface area contributed by atoms with Gasteiger partial charge in [-0.05, 0) is 68.5 Å². The van der Waals surface area contributed by atoms with Crippen LogP contribution in [0.1, 0.15) is 92.3 Å². The lowest BCUT2D eigenvalue weighted by Crippen LogP contribution is -2.48. The number of alkyl halides is 6. The average molecular weight is 847 g/mol. The molecule has 4 aromatic rings. The summed E-state index contributed by atoms with van der Waals surface area (Å²) >= 11 is 0. The molecule has 0 fully saturated rings. The van der Waals surface area contributed by atoms with Crippen LogP contribution in [0.3, 0.4) is 0 Å². The van der Waals surface area contributed by atoms with Crippen LogP contribution in [0.4, 0.5) is 42.5 Å². The van der Waals surface area contributed by atoms with E-state index in [1.165, 1.54) is 30.5 Å². The number of pyridine rings is 1. The third kappa shape index (κ3) is 11.4. The fourth-order valence-corrected chi connectivity index (χ4v) is 6.65. The van der Waals surface area contributed by atoms with E-state index in [1.54, 1.807) is 50.2 Å². The maximum absolute atomic E-state index is 14.2. The summed E-state index contributed by atoms with van der Waals surface area (Å²) in [4.78, 5) is 53.4. The van der Waals surface area contributed by atoms with E-state index < -0.39 is 71.2 Å². The van der Waals surface area contributed by atoms with E-state index in [4.69, 9.17) is 18.9 Å². The van der Waals surface area contributed by atoms with Gasteiger partial charge in [0, 0.05) is 18.5 Å². The molecule has 0 aliphatic carbocycles. The van der Waals surface area contributed by atoms with Crippen LogP contribution in [0.2, 0.25) is 0 Å². The number of aromatic nitrogens is 3. The number of nitrogens with one attached hydrogen (secondary N) is 2. The van der Waals surface area contributed by atoms with E-state index in [0.29, 0.717) is 24.1 Å². The summed E-state index contributed by atoms with van der Waals surface area (Å²) in [5.74, 6) is -1.41. The van der Waals surface area contributed by atoms with Gasteiger partial charge in [0.2, 0.25) is 5.88 Å². The summed E-state index contributed by atoms with van der Waals surface area (Å²) in [6.45, 7) is 5.19. The van der Waals surface area contributed by atoms with Gasteiger partial charge in [0.25, 0.3) is 0 Å². The van der Waals surface area contributed by atoms with Crippen molar-refractivity contribution in [1.82, 2.24) is 20.3 Å². The van der Waals surface area contributed by atoms with E-state index in [2.05, 4.69) is 25.6 Å². The van der Waals surface area contributed by atoms with Gasteiger partial charge >= 0.3 is 30.4 Å². The minimum atomic E-state index is -5.16. The predicted octanol–water partition coefficient (Wildman–Crippen LogP) is 8.35. The van der Waals surface area contributed by atoms with Crippen molar-refractivity contribution in [2.75, 3.05) is 30.5 Å². The zero-order valence-corrected chi connectivity index (χ0v) is 33.1. The summed E-state index contributed by atoms with van der Waals surface area (Å²) in [5.41, 5.74) is -2.26. The zero-order valence-electron chi connectivity index (χ0n) is 33.1. The van der Waals surface area contributed by atoms with Crippen LogP contribution in [0.25, 0.3) is 0 Å². The van der Waals surface area contributed by atoms with Crippen LogP contribution in [-0.2, 0) is 42.8 Å². The number of ether oxygens (including phenoxy) is 4. The maximum Gasteiger partial charge on any atom is 0.416 e. The number of methoxy groups -OCH3 is 1. The van der Waals surface area contributed by atoms with Crippen molar-refractivity contribution in [1.29, 1.82) is 0 Å². The molecule has 19 heteroatoms. The molecule has 13 nitrogen and oxygen atoms in total. The molecule has 4 atom stereocenters. The Hall–Kier alpha value is -5.98. The summed E-state index contributed by atoms with van der Waals surface area (Å²) in [6.07, 6.45) is -8.35. The SMILES string of the molecule is CCOC(=O)CCC(Nc1cnc(C(N[C@H]2C[C@@H](CC)N(C(=O)OCC)c3ccc(OC)nc32)c2cc(C(F)(F)F)cc(C(F)(F)F)c2)nc1)C(=O)OCc1ccccc1. The Labute approximate surface area is 341 Å². The van der Waals surface area contributed by atoms with Gasteiger partial charge in [0.1, 0.15) is 18.5 Å². The molecule has 0 saturated heterocycles. The fourth-order valence-electron chi connectivity index (χ4n) is 6.65. The minimum absolute atomic E-state index is 0.0222. The fraction of sp³-hybridized carbons (Fsp3) is 0.415. The normalized spacial score (nSPS) is 16.3. The largest absolute Gasteiger partial charge is 0.481 e. The van der Waals surface area contributed by atoms with Gasteiger partial charge in [-0.3, -0.25) is 15.0 Å². The lowest BCUT2D eigenvalue weighted by molar-refractivity contribution is -0.147. The number of fused-ring (bicyclic) bond motifs is 1. The smallest absolute Gasteiger partial charge is 0.416 e. The molecule has 60 heavy (non-hydrogen) atoms. The second-order valence-corrected chi connectivity index (χ2v) is 13.6. The first-order valence-electron chi connectivity index (χ1n) is 19.1. The van der Waals surface area contributed by atoms with Crippen molar-refractivity contribution in [3.63, 3.8) is 0 Å². The summed E-state index contributed by atoms with van der Waals surface area (Å²) < 4.78 is 106. The zero-order chi connectivity index (χ0) is 43.6. The molecule has 1 aliphatic rings. The van der Waals surface area contributed by atoms with Crippen LogP contribution >= 0.6 is 0 Å². The number of hydrogen-bond donors (Lipinski definition) is 2. The van der Waals surface area contributed by atoms with E-state index in [0.717, 1.165) is 0 Å². The molecule has 2 unspecified atom stereocenters. The Bertz CT molecular complexity index is 2060. The highest BCUT2D eigenvalue weighted by Gasteiger charge is 2.41. The van der Waals surface area contributed by atoms with Gasteiger partial charge in [-0.25, -0.2) is 24.5 Å². The molecule has 0 radical (unpaired) electrons. The van der Waals surface area contributed by atoms with Crippen LogP contribution in [0, 0.1) is 0 Å². The van der Waals surface area contributed by atoms with Crippen LogP contribution < -0.4 is 20.3 Å². The van der Waals surface area contributed by atoms with Crippen LogP contribution in [0.15, 0.2) is 73.1 Å². The molecule has 1 aliphatic heterocycles. The molecular weight excluding hydrogens is 802 g/mol. The van der Waals surface area contributed by atoms with Crippen molar-refractivity contribution in [2.24, 2.45) is 0 Å². The number of hydrogen-bond acceptors (Lipinski definition) is 12. The molecule has 1 amide bonds. The maximum atomic E-state index is 14.2. The van der Waals surface area contributed by atoms with Gasteiger partial charge in [-0.2, -0.15) is 26.3 Å². The third-order valence-corrected chi connectivity index (χ3v) is 9.52. The van der Waals surface area contributed by atoms with E-state index in [-0.39, 0.29) is 73.9 Å². The molecule has 2 aromatic carbocycles. The van der Waals surface area contributed by atoms with Gasteiger partial charge in [-0.15, -0.1) is 0 Å². The topological polar surface area (TPSA) is 154 Å². The van der Waals surface area contributed by atoms with Crippen molar-refractivity contribution < 1.29 is 59.7 Å². The number of carbonyl (C=O) groups excluding carboxylic acids is 3. The first-order chi connectivity index (χ1) is 28.6. The Morgan fingerprint density at radius 1 is 0.867 bits per heavy atom. The average Bonchev–Trinajstić information content (AvgIpc) is 3.22. The Kier molecular flexibility index (Phi) is 14.9. The standard InChI is InChI=1S/C41H44F6N6O7/c1-5-29-20-31(36-32(14-15-33(52-36)57-4)53(29)39(56)59-7-3)51-35(25-17-26(40(42,43)44)19-27(18-25)41(45,46)47)37-48-21-28(22-49-37)50-30(13-16-34(54)58-6-2)38(55)60-23-24-11-9-8-10-12-24/h8-12,14-15,17-19,21-22,29-31,35,50-51H,5-7,13,16,20,23H2,1-4H3/t29-,30?,31+,35?/m1/s1. The molecule has 0 bridgehead atoms. The van der Waals surface area contributed by atoms with Crippen molar-refractivity contribution in [3.05, 3.63) is 107 Å². The second kappa shape index (κ2) is 19.8. The highest BCUT2D eigenvalue weighted by molar-refractivity contribution is 5.90. The number of anilines is 2. The molecule has 0 saturated carbocycles. The number of nitrogens with zero attached hydrogens (tertiary/aromatic N) is 4. The highest BCUT2D eigenvalue weighted by atomic mass is 19.4. The molecule has 3 heterocycles. The lowest BCUT2D eigenvalue weighted by Gasteiger charge is -2.40. The quantitative estimate of drug-likeness (QED) is 0.0633. The molecule has 0 spiro atoms. The highest BCUT2D eigenvalue weighted by Crippen LogP contribution is 2.42. The third-order valence-electron chi connectivity index (χ3n) is 9.52. The number of carbonyl (C=O) groups is 3. The Morgan fingerprint density at radius 2 is 1.52 bits per heavy atom. The van der Waals surface area contributed by atoms with Crippen LogP contribution in [0.5, 0.6) is 5.88 Å². The Balaban J connectivity index is 1.56. The summed E-state index contributed by atoms with van der Waals surface area (Å²) in [6, 6.07) is 9.00. The van der Waals surface area contributed by atoms with Crippen molar-refractivity contribution >= 4 is 29.4 Å². The number of esters is 2.